The van der Waals surface area contributed by atoms with Crippen molar-refractivity contribution in [3.05, 3.63) is 12.5 Å². The molecule has 0 atom stereocenters. The molecular formula is C23H45N3O2S2SiSn. The van der Waals surface area contributed by atoms with Crippen molar-refractivity contribution in [2.24, 2.45) is 0 Å². The summed E-state index contributed by atoms with van der Waals surface area (Å²) < 4.78 is 37.6. The van der Waals surface area contributed by atoms with Crippen LogP contribution >= 0.6 is 11.3 Å². The number of unbranched alkanes of at least 4 members (excludes halogenated alkanes) is 3. The van der Waals surface area contributed by atoms with Gasteiger partial charge in [0.2, 0.25) is 0 Å². The van der Waals surface area contributed by atoms with Crippen molar-refractivity contribution >= 4 is 55.7 Å². The van der Waals surface area contributed by atoms with E-state index in [9.17, 15) is 8.42 Å². The Morgan fingerprint density at radius 2 is 1.53 bits per heavy atom. The third kappa shape index (κ3) is 6.40. The van der Waals surface area contributed by atoms with E-state index >= 15 is 0 Å². The number of sulfonamides is 1. The first-order valence-electron chi connectivity index (χ1n) is 12.3. The summed E-state index contributed by atoms with van der Waals surface area (Å²) in [6, 6.07) is 0. The van der Waals surface area contributed by atoms with Gasteiger partial charge < -0.3 is 0 Å². The molecule has 1 N–H and O–H groups in total. The molecule has 0 amide bonds. The summed E-state index contributed by atoms with van der Waals surface area (Å²) in [6.45, 7) is 17.4. The number of nitrogens with zero attached hydrogens (tertiary/aromatic N) is 2. The molecule has 2 aromatic rings. The Labute approximate surface area is 205 Å². The minimum atomic E-state index is -3.65. The SMILES string of the molecule is CCC[CH2][Sn]([CH2]CCC)([CH2]CCC)[c]1cn2cnc(S(=O)(=O)N[Si](C)(C)C(C)(C)C)c2s1. The molecule has 0 saturated carbocycles. The van der Waals surface area contributed by atoms with Crippen LogP contribution in [0.25, 0.3) is 4.83 Å². The van der Waals surface area contributed by atoms with Gasteiger partial charge in [-0.05, 0) is 0 Å². The van der Waals surface area contributed by atoms with Gasteiger partial charge >= 0.3 is 207 Å². The normalized spacial score (nSPS) is 13.9. The van der Waals surface area contributed by atoms with Gasteiger partial charge in [0.05, 0.1) is 0 Å². The van der Waals surface area contributed by atoms with E-state index in [1.807, 2.05) is 4.40 Å². The second kappa shape index (κ2) is 11.2. The number of nitrogens with one attached hydrogen (secondary N) is 1. The van der Waals surface area contributed by atoms with Gasteiger partial charge in [-0.1, -0.05) is 0 Å². The predicted octanol–water partition coefficient (Wildman–Crippen LogP) is 6.74. The van der Waals surface area contributed by atoms with Gasteiger partial charge in [0.25, 0.3) is 0 Å². The Hall–Kier alpha value is 0.0956. The van der Waals surface area contributed by atoms with Gasteiger partial charge in [-0.15, -0.1) is 0 Å². The van der Waals surface area contributed by atoms with Crippen molar-refractivity contribution in [1.29, 1.82) is 0 Å². The van der Waals surface area contributed by atoms with E-state index in [4.69, 9.17) is 0 Å². The zero-order valence-corrected chi connectivity index (χ0v) is 27.0. The quantitative estimate of drug-likeness (QED) is 0.257. The molecule has 5 nitrogen and oxygen atoms in total. The number of rotatable bonds is 13. The van der Waals surface area contributed by atoms with E-state index < -0.39 is 36.6 Å². The molecule has 0 aromatic carbocycles. The van der Waals surface area contributed by atoms with Crippen LogP contribution in [0.4, 0.5) is 0 Å². The van der Waals surface area contributed by atoms with Gasteiger partial charge in [0.15, 0.2) is 0 Å². The molecule has 9 heteroatoms. The monoisotopic (exact) mass is 607 g/mol. The van der Waals surface area contributed by atoms with Crippen molar-refractivity contribution in [2.75, 3.05) is 0 Å². The van der Waals surface area contributed by atoms with E-state index in [2.05, 4.69) is 70.2 Å². The Morgan fingerprint density at radius 1 is 1.03 bits per heavy atom. The number of fused-ring (bicyclic) bond motifs is 1. The van der Waals surface area contributed by atoms with Crippen LogP contribution in [0, 0.1) is 0 Å². The molecule has 0 unspecified atom stereocenters. The average molecular weight is 607 g/mol. The predicted molar refractivity (Wildman–Crippen MR) is 145 cm³/mol. The average Bonchev–Trinajstić information content (AvgIpc) is 3.27. The first-order chi connectivity index (χ1) is 14.8. The van der Waals surface area contributed by atoms with Crippen molar-refractivity contribution in [1.82, 2.24) is 13.8 Å². The van der Waals surface area contributed by atoms with Crippen LogP contribution in [0.15, 0.2) is 17.6 Å². The molecule has 2 rings (SSSR count). The molecule has 2 aromatic heterocycles. The Morgan fingerprint density at radius 3 is 1.97 bits per heavy atom. The maximum absolute atomic E-state index is 13.4. The van der Waals surface area contributed by atoms with E-state index in [-0.39, 0.29) is 10.1 Å². The molecule has 0 saturated heterocycles. The van der Waals surface area contributed by atoms with E-state index in [0.29, 0.717) is 0 Å². The molecule has 0 aliphatic carbocycles. The van der Waals surface area contributed by atoms with Crippen LogP contribution in [0.3, 0.4) is 0 Å². The van der Waals surface area contributed by atoms with Crippen molar-refractivity contribution in [3.8, 4) is 0 Å². The van der Waals surface area contributed by atoms with E-state index in [0.717, 1.165) is 4.83 Å². The molecule has 0 aliphatic rings. The fourth-order valence-electron chi connectivity index (χ4n) is 4.03. The molecule has 0 bridgehead atoms. The maximum atomic E-state index is 13.4. The standard InChI is InChI=1S/C11H18N3O2S2Si.3C4H9.Sn/c1-11(2,3)19(4,5)13-18(15,16)9-10-14(8-12-9)6-7-17-10;3*1-3-4-2;/h6,8,13H,1-5H3;3*1,3-4H2,2H3;. The molecular weight excluding hydrogens is 561 g/mol. The van der Waals surface area contributed by atoms with Crippen LogP contribution in [-0.2, 0) is 10.0 Å². The van der Waals surface area contributed by atoms with Gasteiger partial charge in [-0.3, -0.25) is 0 Å². The fourth-order valence-corrected chi connectivity index (χ4v) is 29.2. The number of thiazole rings is 1. The molecule has 0 spiro atoms. The third-order valence-electron chi connectivity index (χ3n) is 7.25. The molecule has 0 aliphatic heterocycles. The molecule has 0 fully saturated rings. The zero-order valence-electron chi connectivity index (χ0n) is 21.5. The first-order valence-corrected chi connectivity index (χ1v) is 25.1. The van der Waals surface area contributed by atoms with Crippen molar-refractivity contribution < 1.29 is 8.42 Å². The van der Waals surface area contributed by atoms with Crippen LogP contribution < -0.4 is 7.28 Å². The van der Waals surface area contributed by atoms with E-state index in [1.54, 1.807) is 17.7 Å². The molecule has 32 heavy (non-hydrogen) atoms. The topological polar surface area (TPSA) is 63.5 Å². The van der Waals surface area contributed by atoms with Crippen molar-refractivity contribution in [2.45, 2.75) is 117 Å². The number of aromatic nitrogens is 2. The summed E-state index contributed by atoms with van der Waals surface area (Å²) in [5, 5.41) is 0.145. The van der Waals surface area contributed by atoms with Gasteiger partial charge in [-0.2, -0.15) is 0 Å². The number of hydrogen-bond donors (Lipinski definition) is 1. The van der Waals surface area contributed by atoms with Gasteiger partial charge in [0, 0.05) is 0 Å². The summed E-state index contributed by atoms with van der Waals surface area (Å²) in [5.41, 5.74) is 0. The van der Waals surface area contributed by atoms with Crippen LogP contribution in [0.2, 0.25) is 31.4 Å². The van der Waals surface area contributed by atoms with Gasteiger partial charge in [0.1, 0.15) is 0 Å². The fraction of sp³-hybridized carbons (Fsp3) is 0.783. The molecule has 0 radical (unpaired) electrons. The van der Waals surface area contributed by atoms with Crippen LogP contribution in [-0.4, -0.2) is 44.4 Å². The minimum absolute atomic E-state index is 0.0778. The van der Waals surface area contributed by atoms with Crippen LogP contribution in [0.1, 0.15) is 80.1 Å². The Balaban J connectivity index is 2.52. The summed E-state index contributed by atoms with van der Waals surface area (Å²) in [6.07, 6.45) is 11.6. The Bertz CT molecular complexity index is 955. The summed E-state index contributed by atoms with van der Waals surface area (Å²) in [4.78, 5) is 5.17. The Kier molecular flexibility index (Phi) is 9.94. The van der Waals surface area contributed by atoms with Gasteiger partial charge in [-0.25, -0.2) is 0 Å². The summed E-state index contributed by atoms with van der Waals surface area (Å²) in [7, 11) is -5.89. The second-order valence-corrected chi connectivity index (χ2v) is 33.1. The van der Waals surface area contributed by atoms with E-state index in [1.165, 1.54) is 54.7 Å². The first kappa shape index (κ1) is 28.3. The van der Waals surface area contributed by atoms with Crippen molar-refractivity contribution in [3.63, 3.8) is 0 Å². The summed E-state index contributed by atoms with van der Waals surface area (Å²) >= 11 is -0.867. The van der Waals surface area contributed by atoms with Crippen LogP contribution in [0.5, 0.6) is 0 Å². The number of hydrogen-bond acceptors (Lipinski definition) is 4. The third-order valence-corrected chi connectivity index (χ3v) is 34.3. The second-order valence-electron chi connectivity index (χ2n) is 10.9. The molecule has 2 heterocycles. The number of imidazole rings is 1. The molecule has 184 valence electrons. The zero-order chi connectivity index (χ0) is 24.2. The summed E-state index contributed by atoms with van der Waals surface area (Å²) in [5.74, 6) is 0.